The van der Waals surface area contributed by atoms with Crippen LogP contribution in [0.5, 0.6) is 0 Å². The molecule has 1 aromatic heterocycles. The maximum Gasteiger partial charge on any atom is 0.283 e. The van der Waals surface area contributed by atoms with E-state index in [1.54, 1.807) is 6.08 Å². The molecule has 0 fully saturated rings. The second-order valence-corrected chi connectivity index (χ2v) is 9.09. The summed E-state index contributed by atoms with van der Waals surface area (Å²) >= 11 is 7.56. The first-order valence-electron chi connectivity index (χ1n) is 10.3. The number of nitrogens with zero attached hydrogens (tertiary/aromatic N) is 4. The number of unbranched alkanes of at least 4 members (excludes halogenated alkanes) is 2. The maximum absolute atomic E-state index is 12.7. The van der Waals surface area contributed by atoms with E-state index < -0.39 is 5.91 Å². The lowest BCUT2D eigenvalue weighted by Gasteiger charge is -2.20. The molecule has 0 atom stereocenters. The average Bonchev–Trinajstić information content (AvgIpc) is 3.25. The third-order valence-electron chi connectivity index (χ3n) is 5.33. The molecule has 4 rings (SSSR count). The molecular formula is C23H24ClN5OS. The van der Waals surface area contributed by atoms with Gasteiger partial charge < -0.3 is 4.57 Å². The van der Waals surface area contributed by atoms with E-state index in [1.165, 1.54) is 16.8 Å². The van der Waals surface area contributed by atoms with Gasteiger partial charge in [-0.2, -0.15) is 15.1 Å². The lowest BCUT2D eigenvalue weighted by Crippen LogP contribution is -2.35. The van der Waals surface area contributed by atoms with Gasteiger partial charge in [-0.25, -0.2) is 0 Å². The highest BCUT2D eigenvalue weighted by Crippen LogP contribution is 2.31. The Kier molecular flexibility index (Phi) is 6.16. The first-order chi connectivity index (χ1) is 14.9. The number of fused-ring (bicyclic) bond motifs is 1. The first-order valence-corrected chi connectivity index (χ1v) is 11.5. The van der Waals surface area contributed by atoms with Crippen LogP contribution in [0, 0.1) is 19.3 Å². The van der Waals surface area contributed by atoms with E-state index in [4.69, 9.17) is 17.0 Å². The Hall–Kier alpha value is -2.64. The van der Waals surface area contributed by atoms with Crippen molar-refractivity contribution >= 4 is 51.4 Å². The van der Waals surface area contributed by atoms with E-state index in [1.807, 2.05) is 44.2 Å². The van der Waals surface area contributed by atoms with Crippen molar-refractivity contribution in [1.29, 1.82) is 5.41 Å². The molecule has 0 radical (unpaired) electrons. The molecule has 3 heterocycles. The van der Waals surface area contributed by atoms with Gasteiger partial charge in [-0.15, -0.1) is 0 Å². The zero-order valence-corrected chi connectivity index (χ0v) is 19.3. The van der Waals surface area contributed by atoms with E-state index >= 15 is 0 Å². The SMILES string of the molecule is CCCCCC1=NN2C(=N)C(=Cc3cc(C)n(-c4cccc(Cl)c4)c3C)C(=O)N=C2S1. The van der Waals surface area contributed by atoms with Gasteiger partial charge in [0.2, 0.25) is 5.17 Å². The molecule has 31 heavy (non-hydrogen) atoms. The Bertz CT molecular complexity index is 1160. The Morgan fingerprint density at radius 3 is 2.77 bits per heavy atom. The molecule has 6 nitrogen and oxygen atoms in total. The summed E-state index contributed by atoms with van der Waals surface area (Å²) in [5.74, 6) is -0.332. The molecule has 1 aromatic carbocycles. The molecule has 2 aromatic rings. The summed E-state index contributed by atoms with van der Waals surface area (Å²) in [4.78, 5) is 16.9. The number of amides is 1. The van der Waals surface area contributed by atoms with Crippen LogP contribution >= 0.6 is 23.4 Å². The van der Waals surface area contributed by atoms with Crippen LogP contribution in [-0.4, -0.2) is 31.5 Å². The van der Waals surface area contributed by atoms with Gasteiger partial charge in [-0.3, -0.25) is 10.2 Å². The van der Waals surface area contributed by atoms with Gasteiger partial charge in [-0.05, 0) is 74.4 Å². The molecule has 0 saturated heterocycles. The van der Waals surface area contributed by atoms with Gasteiger partial charge in [0.1, 0.15) is 5.04 Å². The molecule has 0 aliphatic carbocycles. The Morgan fingerprint density at radius 2 is 2.03 bits per heavy atom. The first kappa shape index (κ1) is 21.6. The molecular weight excluding hydrogens is 430 g/mol. The number of rotatable bonds is 6. The number of aryl methyl sites for hydroxylation is 1. The van der Waals surface area contributed by atoms with E-state index in [9.17, 15) is 4.79 Å². The fraction of sp³-hybridized carbons (Fsp3) is 0.304. The number of halogens is 1. The van der Waals surface area contributed by atoms with E-state index in [0.29, 0.717) is 10.2 Å². The van der Waals surface area contributed by atoms with Crippen molar-refractivity contribution < 1.29 is 4.79 Å². The van der Waals surface area contributed by atoms with E-state index in [0.717, 1.165) is 53.4 Å². The third kappa shape index (κ3) is 4.25. The number of hydrogen-bond donors (Lipinski definition) is 1. The Labute approximate surface area is 191 Å². The van der Waals surface area contributed by atoms with Crippen LogP contribution in [0.2, 0.25) is 5.02 Å². The number of aromatic nitrogens is 1. The van der Waals surface area contributed by atoms with Crippen LogP contribution in [0.15, 0.2) is 46.0 Å². The minimum atomic E-state index is -0.402. The fourth-order valence-electron chi connectivity index (χ4n) is 3.76. The number of benzene rings is 1. The van der Waals surface area contributed by atoms with Crippen molar-refractivity contribution in [3.63, 3.8) is 0 Å². The van der Waals surface area contributed by atoms with Crippen molar-refractivity contribution in [2.45, 2.75) is 46.5 Å². The normalized spacial score (nSPS) is 17.3. The predicted molar refractivity (Wildman–Crippen MR) is 129 cm³/mol. The van der Waals surface area contributed by atoms with Crippen molar-refractivity contribution in [3.8, 4) is 5.69 Å². The summed E-state index contributed by atoms with van der Waals surface area (Å²) in [7, 11) is 0. The lowest BCUT2D eigenvalue weighted by atomic mass is 10.1. The molecule has 2 aliphatic rings. The molecule has 0 saturated carbocycles. The van der Waals surface area contributed by atoms with Gasteiger partial charge in [0.15, 0.2) is 5.84 Å². The Morgan fingerprint density at radius 1 is 1.23 bits per heavy atom. The highest BCUT2D eigenvalue weighted by molar-refractivity contribution is 8.26. The second-order valence-electron chi connectivity index (χ2n) is 7.61. The summed E-state index contributed by atoms with van der Waals surface area (Å²) in [6.07, 6.45) is 5.90. The van der Waals surface area contributed by atoms with Crippen LogP contribution in [0.25, 0.3) is 11.8 Å². The number of thioether (sulfide) groups is 1. The highest BCUT2D eigenvalue weighted by atomic mass is 35.5. The zero-order valence-electron chi connectivity index (χ0n) is 17.8. The maximum atomic E-state index is 12.7. The number of hydrazone groups is 1. The van der Waals surface area contributed by atoms with Crippen molar-refractivity contribution in [2.75, 3.05) is 0 Å². The standard InChI is InChI=1S/C23H24ClN5OS/c1-4-5-6-10-20-27-29-21(25)19(22(30)26-23(29)31-20)12-16-11-14(2)28(15(16)3)18-9-7-8-17(24)13-18/h7-9,11-13,25H,4-6,10H2,1-3H3. The summed E-state index contributed by atoms with van der Waals surface area (Å²) in [5, 5.41) is 16.7. The number of carbonyl (C=O) groups excluding carboxylic acids is 1. The molecule has 160 valence electrons. The average molecular weight is 454 g/mol. The number of aliphatic imine (C=N–C) groups is 1. The Balaban J connectivity index is 1.65. The predicted octanol–water partition coefficient (Wildman–Crippen LogP) is 5.95. The summed E-state index contributed by atoms with van der Waals surface area (Å²) in [6, 6.07) is 9.64. The van der Waals surface area contributed by atoms with Gasteiger partial charge >= 0.3 is 0 Å². The molecule has 0 bridgehead atoms. The molecule has 1 amide bonds. The number of hydrogen-bond acceptors (Lipinski definition) is 4. The van der Waals surface area contributed by atoms with Crippen LogP contribution in [0.4, 0.5) is 0 Å². The summed E-state index contributed by atoms with van der Waals surface area (Å²) in [5.41, 5.74) is 4.04. The van der Waals surface area contributed by atoms with Gasteiger partial charge in [0.05, 0.1) is 5.57 Å². The minimum Gasteiger partial charge on any atom is -0.318 e. The highest BCUT2D eigenvalue weighted by Gasteiger charge is 2.35. The lowest BCUT2D eigenvalue weighted by molar-refractivity contribution is -0.114. The second kappa shape index (κ2) is 8.85. The molecule has 2 aliphatic heterocycles. The van der Waals surface area contributed by atoms with Crippen molar-refractivity contribution in [3.05, 3.63) is 57.9 Å². The van der Waals surface area contributed by atoms with Crippen molar-refractivity contribution in [1.82, 2.24) is 9.58 Å². The topological polar surface area (TPSA) is 73.8 Å². The van der Waals surface area contributed by atoms with Crippen LogP contribution in [0.3, 0.4) is 0 Å². The largest absolute Gasteiger partial charge is 0.318 e. The van der Waals surface area contributed by atoms with E-state index in [2.05, 4.69) is 21.6 Å². The number of amidine groups is 2. The van der Waals surface area contributed by atoms with Crippen LogP contribution < -0.4 is 0 Å². The van der Waals surface area contributed by atoms with Gasteiger partial charge in [0, 0.05) is 22.1 Å². The zero-order chi connectivity index (χ0) is 22.1. The molecule has 0 unspecified atom stereocenters. The summed E-state index contributed by atoms with van der Waals surface area (Å²) < 4.78 is 2.08. The number of carbonyl (C=O) groups is 1. The third-order valence-corrected chi connectivity index (χ3v) is 6.53. The smallest absolute Gasteiger partial charge is 0.283 e. The van der Waals surface area contributed by atoms with Crippen LogP contribution in [-0.2, 0) is 4.79 Å². The van der Waals surface area contributed by atoms with Crippen molar-refractivity contribution in [2.24, 2.45) is 10.1 Å². The molecule has 8 heteroatoms. The van der Waals surface area contributed by atoms with Crippen LogP contribution in [0.1, 0.15) is 49.6 Å². The quantitative estimate of drug-likeness (QED) is 0.434. The van der Waals surface area contributed by atoms with Gasteiger partial charge in [0.25, 0.3) is 5.91 Å². The van der Waals surface area contributed by atoms with E-state index in [-0.39, 0.29) is 11.4 Å². The van der Waals surface area contributed by atoms with Gasteiger partial charge in [-0.1, -0.05) is 37.4 Å². The monoisotopic (exact) mass is 453 g/mol. The molecule has 0 spiro atoms. The minimum absolute atomic E-state index is 0.0700. The number of nitrogens with one attached hydrogen (secondary N) is 1. The summed E-state index contributed by atoms with van der Waals surface area (Å²) in [6.45, 7) is 6.15. The molecule has 1 N–H and O–H groups in total. The fourth-order valence-corrected chi connectivity index (χ4v) is 4.87.